The van der Waals surface area contributed by atoms with Gasteiger partial charge in [0.25, 0.3) is 5.56 Å². The summed E-state index contributed by atoms with van der Waals surface area (Å²) in [6.07, 6.45) is 3.38. The third-order valence-corrected chi connectivity index (χ3v) is 7.00. The number of aliphatic hydroxyl groups excluding tert-OH is 1. The van der Waals surface area contributed by atoms with Crippen LogP contribution < -0.4 is 10.9 Å². The summed E-state index contributed by atoms with van der Waals surface area (Å²) >= 11 is 0. The quantitative estimate of drug-likeness (QED) is 0.609. The van der Waals surface area contributed by atoms with Crippen molar-refractivity contribution in [2.45, 2.75) is 32.1 Å². The van der Waals surface area contributed by atoms with E-state index in [1.807, 2.05) is 49.4 Å². The normalized spacial score (nSPS) is 23.8. The van der Waals surface area contributed by atoms with Crippen LogP contribution in [0.2, 0.25) is 0 Å². The molecule has 1 aromatic carbocycles. The number of carbonyl (C=O) groups excluding carboxylic acids is 1. The van der Waals surface area contributed by atoms with Gasteiger partial charge in [-0.1, -0.05) is 36.4 Å². The van der Waals surface area contributed by atoms with Crippen LogP contribution >= 0.6 is 0 Å². The molecule has 4 heterocycles. The maximum Gasteiger partial charge on any atom is 0.258 e. The van der Waals surface area contributed by atoms with Crippen molar-refractivity contribution in [1.29, 1.82) is 0 Å². The zero-order valence-electron chi connectivity index (χ0n) is 18.6. The fourth-order valence-corrected chi connectivity index (χ4v) is 5.57. The molecule has 0 radical (unpaired) electrons. The number of aromatic nitrogens is 2. The number of amides is 1. The molecule has 5 rings (SSSR count). The Morgan fingerprint density at radius 2 is 1.97 bits per heavy atom. The summed E-state index contributed by atoms with van der Waals surface area (Å²) in [6, 6.07) is 17.2. The zero-order chi connectivity index (χ0) is 22.9. The number of hydrogen-bond donors (Lipinski definition) is 2. The maximum absolute atomic E-state index is 13.5. The van der Waals surface area contributed by atoms with Gasteiger partial charge in [0.15, 0.2) is 0 Å². The van der Waals surface area contributed by atoms with Gasteiger partial charge < -0.3 is 15.0 Å². The largest absolute Gasteiger partial charge is 0.396 e. The van der Waals surface area contributed by atoms with Crippen LogP contribution in [0.25, 0.3) is 11.1 Å². The van der Waals surface area contributed by atoms with E-state index in [1.54, 1.807) is 17.0 Å². The molecule has 0 saturated carbocycles. The minimum absolute atomic E-state index is 0.0700. The van der Waals surface area contributed by atoms with Crippen LogP contribution in [0.15, 0.2) is 71.8 Å². The molecular formula is C26H28N4O3. The molecule has 0 aliphatic carbocycles. The van der Waals surface area contributed by atoms with Gasteiger partial charge in [-0.25, -0.2) is 0 Å². The number of hydrogen-bond acceptors (Lipinski definition) is 5. The highest BCUT2D eigenvalue weighted by atomic mass is 16.3. The first-order chi connectivity index (χ1) is 16.1. The summed E-state index contributed by atoms with van der Waals surface area (Å²) in [4.78, 5) is 33.2. The average Bonchev–Trinajstić information content (AvgIpc) is 3.05. The van der Waals surface area contributed by atoms with E-state index in [1.165, 1.54) is 0 Å². The highest BCUT2D eigenvalue weighted by Crippen LogP contribution is 2.49. The fourth-order valence-electron chi connectivity index (χ4n) is 5.57. The molecule has 2 aromatic heterocycles. The Morgan fingerprint density at radius 1 is 1.15 bits per heavy atom. The summed E-state index contributed by atoms with van der Waals surface area (Å²) < 4.78 is 1.81. The van der Waals surface area contributed by atoms with Gasteiger partial charge >= 0.3 is 0 Å². The summed E-state index contributed by atoms with van der Waals surface area (Å²) in [5, 5.41) is 13.3. The van der Waals surface area contributed by atoms with Crippen molar-refractivity contribution < 1.29 is 9.90 Å². The monoisotopic (exact) mass is 444 g/mol. The second kappa shape index (κ2) is 8.92. The van der Waals surface area contributed by atoms with Crippen LogP contribution in [0.3, 0.4) is 0 Å². The van der Waals surface area contributed by atoms with Crippen molar-refractivity contribution in [1.82, 2.24) is 19.8 Å². The average molecular weight is 445 g/mol. The molecular weight excluding hydrogens is 416 g/mol. The van der Waals surface area contributed by atoms with E-state index in [0.29, 0.717) is 25.2 Å². The van der Waals surface area contributed by atoms with Crippen LogP contribution in [0.1, 0.15) is 24.2 Å². The molecule has 4 atom stereocenters. The summed E-state index contributed by atoms with van der Waals surface area (Å²) in [5.74, 6) is -0.758. The maximum atomic E-state index is 13.5. The number of benzene rings is 1. The molecule has 2 bridgehead atoms. The molecule has 1 fully saturated rings. The standard InChI is InChI=1S/C26H28N4O3/c1-2-28-25(32)23-20(16-31)22-15-30-21(24(23)29(22)14-17-7-4-3-5-8-17)11-10-19(26(30)33)18-9-6-12-27-13-18/h3-13,20,22-24,31H,2,14-16H2,1H3,(H,28,32)/t20-,22-,23+,24+/m1/s1. The lowest BCUT2D eigenvalue weighted by Gasteiger charge is -2.38. The SMILES string of the molecule is CCNC(=O)[C@H]1[C@H](CO)[C@H]2Cn3c(ccc(-c4cccnc4)c3=O)[C@@H]1N2Cc1ccccc1. The van der Waals surface area contributed by atoms with Gasteiger partial charge in [-0.3, -0.25) is 19.5 Å². The number of pyridine rings is 2. The van der Waals surface area contributed by atoms with Crippen molar-refractivity contribution in [3.05, 3.63) is 88.6 Å². The lowest BCUT2D eigenvalue weighted by Crippen LogP contribution is -2.46. The number of fused-ring (bicyclic) bond motifs is 4. The summed E-state index contributed by atoms with van der Waals surface area (Å²) in [7, 11) is 0. The van der Waals surface area contributed by atoms with E-state index in [4.69, 9.17) is 0 Å². The molecule has 2 N–H and O–H groups in total. The molecule has 33 heavy (non-hydrogen) atoms. The Kier molecular flexibility index (Phi) is 5.83. The molecule has 0 spiro atoms. The van der Waals surface area contributed by atoms with Gasteiger partial charge in [-0.15, -0.1) is 0 Å². The lowest BCUT2D eigenvalue weighted by atomic mass is 9.86. The van der Waals surface area contributed by atoms with Crippen molar-refractivity contribution in [2.75, 3.05) is 13.2 Å². The van der Waals surface area contributed by atoms with E-state index in [0.717, 1.165) is 16.8 Å². The smallest absolute Gasteiger partial charge is 0.258 e. The van der Waals surface area contributed by atoms with E-state index in [2.05, 4.69) is 27.3 Å². The van der Waals surface area contributed by atoms with Crippen LogP contribution in [0.4, 0.5) is 0 Å². The van der Waals surface area contributed by atoms with Crippen molar-refractivity contribution in [3.8, 4) is 11.1 Å². The number of carbonyl (C=O) groups is 1. The summed E-state index contributed by atoms with van der Waals surface area (Å²) in [6.45, 7) is 3.41. The van der Waals surface area contributed by atoms with Crippen molar-refractivity contribution in [3.63, 3.8) is 0 Å². The van der Waals surface area contributed by atoms with Crippen LogP contribution in [-0.4, -0.2) is 44.7 Å². The molecule has 3 aromatic rings. The van der Waals surface area contributed by atoms with E-state index in [-0.39, 0.29) is 36.1 Å². The van der Waals surface area contributed by atoms with Gasteiger partial charge in [0.2, 0.25) is 5.91 Å². The van der Waals surface area contributed by atoms with Crippen LogP contribution in [0, 0.1) is 11.8 Å². The molecule has 1 saturated heterocycles. The number of aliphatic hydroxyl groups is 1. The van der Waals surface area contributed by atoms with Crippen LogP contribution in [0.5, 0.6) is 0 Å². The third-order valence-electron chi connectivity index (χ3n) is 7.00. The Hall–Kier alpha value is -3.29. The Balaban J connectivity index is 1.63. The second-order valence-corrected chi connectivity index (χ2v) is 8.77. The zero-order valence-corrected chi connectivity index (χ0v) is 18.6. The summed E-state index contributed by atoms with van der Waals surface area (Å²) in [5.41, 5.74) is 3.26. The Morgan fingerprint density at radius 3 is 2.67 bits per heavy atom. The van der Waals surface area contributed by atoms with Crippen molar-refractivity contribution in [2.24, 2.45) is 11.8 Å². The second-order valence-electron chi connectivity index (χ2n) is 8.77. The van der Waals surface area contributed by atoms with Crippen molar-refractivity contribution >= 4 is 5.91 Å². The minimum atomic E-state index is -0.430. The topological polar surface area (TPSA) is 87.5 Å². The third kappa shape index (κ3) is 3.67. The molecule has 0 unspecified atom stereocenters. The lowest BCUT2D eigenvalue weighted by molar-refractivity contribution is -0.127. The minimum Gasteiger partial charge on any atom is -0.396 e. The van der Waals surface area contributed by atoms with E-state index < -0.39 is 5.92 Å². The Labute approximate surface area is 192 Å². The highest BCUT2D eigenvalue weighted by molar-refractivity contribution is 5.80. The van der Waals surface area contributed by atoms with E-state index >= 15 is 0 Å². The van der Waals surface area contributed by atoms with Gasteiger partial charge in [0, 0.05) is 67.4 Å². The van der Waals surface area contributed by atoms with Gasteiger partial charge in [-0.05, 0) is 30.7 Å². The Bertz CT molecular complexity index is 1200. The first-order valence-corrected chi connectivity index (χ1v) is 11.5. The van der Waals surface area contributed by atoms with Gasteiger partial charge in [0.1, 0.15) is 0 Å². The highest BCUT2D eigenvalue weighted by Gasteiger charge is 2.55. The van der Waals surface area contributed by atoms with Gasteiger partial charge in [0.05, 0.1) is 12.0 Å². The number of rotatable bonds is 6. The fraction of sp³-hybridized carbons (Fsp3) is 0.346. The molecule has 1 amide bonds. The predicted molar refractivity (Wildman–Crippen MR) is 125 cm³/mol. The molecule has 7 nitrogen and oxygen atoms in total. The van der Waals surface area contributed by atoms with Gasteiger partial charge in [-0.2, -0.15) is 0 Å². The molecule has 2 aliphatic rings. The van der Waals surface area contributed by atoms with Crippen LogP contribution in [-0.2, 0) is 17.9 Å². The molecule has 7 heteroatoms. The molecule has 170 valence electrons. The first kappa shape index (κ1) is 21.6. The molecule has 2 aliphatic heterocycles. The first-order valence-electron chi connectivity index (χ1n) is 11.5. The number of nitrogens with one attached hydrogen (secondary N) is 1. The van der Waals surface area contributed by atoms with E-state index in [9.17, 15) is 14.7 Å². The number of nitrogens with zero attached hydrogens (tertiary/aromatic N) is 3. The predicted octanol–water partition coefficient (Wildman–Crippen LogP) is 2.21.